The molecule has 0 bridgehead atoms. The molecule has 1 rings (SSSR count). The topological polar surface area (TPSA) is 20.2 Å². The van der Waals surface area contributed by atoms with Gasteiger partial charge in [0.05, 0.1) is 0 Å². The average molecular weight is 300 g/mol. The quantitative estimate of drug-likeness (QED) is 0.465. The number of para-hydroxylation sites is 1. The fourth-order valence-electron chi connectivity index (χ4n) is 3.46. The molecule has 0 spiro atoms. The highest BCUT2D eigenvalue weighted by Gasteiger charge is 2.20. The van der Waals surface area contributed by atoms with Gasteiger partial charge in [0.25, 0.3) is 0 Å². The standard InChI is InChI=1S/C21H32O/c1-5-10-17(4)15-18(11-6-2)16-19(12-7-3)20-13-8-9-14-21(20)22/h5-6,8-9,13-14,17-19,22H,1-2,7,10-12,15-16H2,3-4H3. The number of aromatic hydroxyl groups is 1. The lowest BCUT2D eigenvalue weighted by Gasteiger charge is -2.25. The van der Waals surface area contributed by atoms with Gasteiger partial charge in [-0.1, -0.05) is 50.6 Å². The Hall–Kier alpha value is -1.50. The van der Waals surface area contributed by atoms with Crippen molar-refractivity contribution in [3.8, 4) is 5.75 Å². The fraction of sp³-hybridized carbons (Fsp3) is 0.524. The number of allylic oxidation sites excluding steroid dienone is 2. The van der Waals surface area contributed by atoms with E-state index in [-0.39, 0.29) is 0 Å². The number of rotatable bonds is 11. The number of phenolic OH excluding ortho intramolecular Hbond substituents is 1. The van der Waals surface area contributed by atoms with Crippen molar-refractivity contribution in [1.29, 1.82) is 0 Å². The molecule has 0 fully saturated rings. The summed E-state index contributed by atoms with van der Waals surface area (Å²) in [6.45, 7) is 12.3. The molecule has 1 nitrogen and oxygen atoms in total. The van der Waals surface area contributed by atoms with E-state index in [9.17, 15) is 5.11 Å². The molecule has 3 unspecified atom stereocenters. The van der Waals surface area contributed by atoms with Crippen LogP contribution in [0.4, 0.5) is 0 Å². The van der Waals surface area contributed by atoms with E-state index in [0.717, 1.165) is 37.7 Å². The van der Waals surface area contributed by atoms with Crippen LogP contribution < -0.4 is 0 Å². The van der Waals surface area contributed by atoms with Crippen molar-refractivity contribution in [2.24, 2.45) is 11.8 Å². The summed E-state index contributed by atoms with van der Waals surface area (Å²) in [6, 6.07) is 7.81. The fourth-order valence-corrected chi connectivity index (χ4v) is 3.46. The Bertz CT molecular complexity index is 449. The Morgan fingerprint density at radius 3 is 2.36 bits per heavy atom. The van der Waals surface area contributed by atoms with Gasteiger partial charge in [0.1, 0.15) is 5.75 Å². The number of benzene rings is 1. The van der Waals surface area contributed by atoms with E-state index in [4.69, 9.17) is 0 Å². The minimum atomic E-state index is 0.437. The molecule has 1 heteroatoms. The average Bonchev–Trinajstić information content (AvgIpc) is 2.48. The van der Waals surface area contributed by atoms with Gasteiger partial charge in [-0.05, 0) is 61.5 Å². The number of phenols is 1. The van der Waals surface area contributed by atoms with Gasteiger partial charge in [-0.15, -0.1) is 13.2 Å². The maximum atomic E-state index is 10.2. The highest BCUT2D eigenvalue weighted by molar-refractivity contribution is 5.34. The van der Waals surface area contributed by atoms with Crippen LogP contribution in [0.3, 0.4) is 0 Å². The molecule has 22 heavy (non-hydrogen) atoms. The van der Waals surface area contributed by atoms with Crippen molar-refractivity contribution >= 4 is 0 Å². The van der Waals surface area contributed by atoms with Gasteiger partial charge in [-0.2, -0.15) is 0 Å². The summed E-state index contributed by atoms with van der Waals surface area (Å²) in [6.07, 6.45) is 10.8. The summed E-state index contributed by atoms with van der Waals surface area (Å²) in [5.41, 5.74) is 1.11. The lowest BCUT2D eigenvalue weighted by Crippen LogP contribution is -2.11. The van der Waals surface area contributed by atoms with Gasteiger partial charge in [0.15, 0.2) is 0 Å². The van der Waals surface area contributed by atoms with Crippen LogP contribution in [0.1, 0.15) is 63.9 Å². The molecule has 3 atom stereocenters. The summed E-state index contributed by atoms with van der Waals surface area (Å²) in [4.78, 5) is 0. The second-order valence-electron chi connectivity index (χ2n) is 6.54. The Morgan fingerprint density at radius 2 is 1.77 bits per heavy atom. The van der Waals surface area contributed by atoms with Gasteiger partial charge in [0, 0.05) is 0 Å². The Balaban J connectivity index is 2.82. The molecule has 0 aliphatic heterocycles. The second-order valence-corrected chi connectivity index (χ2v) is 6.54. The van der Waals surface area contributed by atoms with Gasteiger partial charge >= 0.3 is 0 Å². The van der Waals surface area contributed by atoms with E-state index >= 15 is 0 Å². The van der Waals surface area contributed by atoms with Gasteiger partial charge < -0.3 is 5.11 Å². The second kappa shape index (κ2) is 10.3. The summed E-state index contributed by atoms with van der Waals surface area (Å²) in [5.74, 6) is 2.17. The first-order chi connectivity index (χ1) is 10.6. The third kappa shape index (κ3) is 6.09. The summed E-state index contributed by atoms with van der Waals surface area (Å²) in [5, 5.41) is 10.2. The maximum absolute atomic E-state index is 10.2. The van der Waals surface area contributed by atoms with Crippen molar-refractivity contribution in [2.45, 2.75) is 58.3 Å². The molecule has 1 aromatic carbocycles. The zero-order chi connectivity index (χ0) is 16.4. The summed E-state index contributed by atoms with van der Waals surface area (Å²) in [7, 11) is 0. The lowest BCUT2D eigenvalue weighted by molar-refractivity contribution is 0.337. The monoisotopic (exact) mass is 300 g/mol. The van der Waals surface area contributed by atoms with Crippen LogP contribution in [0.5, 0.6) is 5.75 Å². The molecule has 1 aromatic rings. The molecule has 0 amide bonds. The first kappa shape index (κ1) is 18.5. The molecular weight excluding hydrogens is 268 g/mol. The van der Waals surface area contributed by atoms with Gasteiger partial charge in [-0.25, -0.2) is 0 Å². The summed E-state index contributed by atoms with van der Waals surface area (Å²) >= 11 is 0. The molecule has 0 radical (unpaired) electrons. The molecule has 0 saturated heterocycles. The van der Waals surface area contributed by atoms with E-state index in [1.165, 1.54) is 6.42 Å². The first-order valence-corrected chi connectivity index (χ1v) is 8.61. The molecular formula is C21H32O. The predicted octanol–water partition coefficient (Wildman–Crippen LogP) is 6.46. The van der Waals surface area contributed by atoms with E-state index in [0.29, 0.717) is 23.5 Å². The molecule has 1 N–H and O–H groups in total. The van der Waals surface area contributed by atoms with Crippen LogP contribution in [-0.4, -0.2) is 5.11 Å². The van der Waals surface area contributed by atoms with Gasteiger partial charge in [0.2, 0.25) is 0 Å². The van der Waals surface area contributed by atoms with Crippen LogP contribution in [-0.2, 0) is 0 Å². The van der Waals surface area contributed by atoms with Crippen molar-refractivity contribution < 1.29 is 5.11 Å². The van der Waals surface area contributed by atoms with Crippen LogP contribution in [0.15, 0.2) is 49.6 Å². The van der Waals surface area contributed by atoms with Crippen LogP contribution >= 0.6 is 0 Å². The summed E-state index contributed by atoms with van der Waals surface area (Å²) < 4.78 is 0. The first-order valence-electron chi connectivity index (χ1n) is 8.61. The maximum Gasteiger partial charge on any atom is 0.119 e. The van der Waals surface area contributed by atoms with Crippen LogP contribution in [0.25, 0.3) is 0 Å². The van der Waals surface area contributed by atoms with Crippen molar-refractivity contribution in [1.82, 2.24) is 0 Å². The lowest BCUT2D eigenvalue weighted by atomic mass is 9.80. The highest BCUT2D eigenvalue weighted by Crippen LogP contribution is 2.37. The molecule has 0 aliphatic carbocycles. The minimum Gasteiger partial charge on any atom is -0.508 e. The molecule has 122 valence electrons. The van der Waals surface area contributed by atoms with E-state index in [1.807, 2.05) is 24.3 Å². The number of hydrogen-bond donors (Lipinski definition) is 1. The SMILES string of the molecule is C=CCC(C)CC(CC=C)CC(CCC)c1ccccc1O. The van der Waals surface area contributed by atoms with Crippen LogP contribution in [0.2, 0.25) is 0 Å². The minimum absolute atomic E-state index is 0.437. The number of hydrogen-bond acceptors (Lipinski definition) is 1. The zero-order valence-corrected chi connectivity index (χ0v) is 14.3. The molecule has 0 aliphatic rings. The highest BCUT2D eigenvalue weighted by atomic mass is 16.3. The predicted molar refractivity (Wildman–Crippen MR) is 97.3 cm³/mol. The van der Waals surface area contributed by atoms with E-state index in [2.05, 4.69) is 33.1 Å². The van der Waals surface area contributed by atoms with Crippen molar-refractivity contribution in [3.63, 3.8) is 0 Å². The normalized spacial score (nSPS) is 15.0. The zero-order valence-electron chi connectivity index (χ0n) is 14.3. The van der Waals surface area contributed by atoms with Gasteiger partial charge in [-0.3, -0.25) is 0 Å². The largest absolute Gasteiger partial charge is 0.508 e. The van der Waals surface area contributed by atoms with Crippen LogP contribution in [0, 0.1) is 11.8 Å². The molecule has 0 heterocycles. The Morgan fingerprint density at radius 1 is 1.09 bits per heavy atom. The Kier molecular flexibility index (Phi) is 8.65. The third-order valence-corrected chi connectivity index (χ3v) is 4.44. The van der Waals surface area contributed by atoms with Crippen molar-refractivity contribution in [3.05, 3.63) is 55.1 Å². The van der Waals surface area contributed by atoms with E-state index < -0.39 is 0 Å². The Labute approximate surface area is 136 Å². The molecule has 0 aromatic heterocycles. The smallest absolute Gasteiger partial charge is 0.119 e. The van der Waals surface area contributed by atoms with Crippen molar-refractivity contribution in [2.75, 3.05) is 0 Å². The third-order valence-electron chi connectivity index (χ3n) is 4.44. The molecule has 0 saturated carbocycles. The van der Waals surface area contributed by atoms with E-state index in [1.54, 1.807) is 6.07 Å².